The summed E-state index contributed by atoms with van der Waals surface area (Å²) in [6.07, 6.45) is 0.535. The number of benzene rings is 2. The largest absolute Gasteiger partial charge is 0.507 e. The normalized spacial score (nSPS) is 10.7. The summed E-state index contributed by atoms with van der Waals surface area (Å²) in [4.78, 5) is 0. The summed E-state index contributed by atoms with van der Waals surface area (Å²) in [5.74, 6) is 0.316. The summed E-state index contributed by atoms with van der Waals surface area (Å²) >= 11 is 12.3. The van der Waals surface area contributed by atoms with Gasteiger partial charge in [-0.3, -0.25) is 0 Å². The Labute approximate surface area is 117 Å². The molecule has 0 radical (unpaired) electrons. The van der Waals surface area contributed by atoms with Crippen LogP contribution in [0.25, 0.3) is 0 Å². The number of halogens is 2. The Morgan fingerprint density at radius 3 is 2.28 bits per heavy atom. The van der Waals surface area contributed by atoms with Crippen LogP contribution >= 0.6 is 23.2 Å². The van der Waals surface area contributed by atoms with Gasteiger partial charge < -0.3 is 5.11 Å². The van der Waals surface area contributed by atoms with Crippen molar-refractivity contribution in [1.82, 2.24) is 0 Å². The number of rotatable bonds is 2. The molecule has 0 saturated carbocycles. The Bertz CT molecular complexity index is 571. The molecule has 0 unspecified atom stereocenters. The molecule has 2 aromatic carbocycles. The van der Waals surface area contributed by atoms with Crippen molar-refractivity contribution < 1.29 is 5.11 Å². The lowest BCUT2D eigenvalue weighted by atomic mass is 9.99. The Hall–Kier alpha value is -1.18. The SMILES string of the molecule is Cc1cc(C)c(O)c(Cc2c(Cl)cccc2Cl)c1. The van der Waals surface area contributed by atoms with E-state index in [1.807, 2.05) is 44.2 Å². The molecule has 0 saturated heterocycles. The van der Waals surface area contributed by atoms with Gasteiger partial charge in [-0.1, -0.05) is 47.0 Å². The second-order valence-corrected chi connectivity index (χ2v) is 5.28. The number of aromatic hydroxyl groups is 1. The van der Waals surface area contributed by atoms with E-state index in [1.54, 1.807) is 0 Å². The first-order chi connectivity index (χ1) is 8.49. The van der Waals surface area contributed by atoms with Gasteiger partial charge >= 0.3 is 0 Å². The molecule has 3 heteroatoms. The highest BCUT2D eigenvalue weighted by Crippen LogP contribution is 2.31. The molecule has 0 aliphatic carbocycles. The van der Waals surface area contributed by atoms with Gasteiger partial charge in [0, 0.05) is 16.5 Å². The second kappa shape index (κ2) is 5.21. The zero-order valence-corrected chi connectivity index (χ0v) is 11.8. The third-order valence-corrected chi connectivity index (χ3v) is 3.66. The molecule has 0 aromatic heterocycles. The maximum Gasteiger partial charge on any atom is 0.122 e. The molecule has 0 heterocycles. The van der Waals surface area contributed by atoms with Gasteiger partial charge in [-0.2, -0.15) is 0 Å². The molecule has 0 aliphatic rings. The van der Waals surface area contributed by atoms with E-state index in [4.69, 9.17) is 23.2 Å². The van der Waals surface area contributed by atoms with Crippen LogP contribution < -0.4 is 0 Å². The number of aryl methyl sites for hydroxylation is 2. The number of phenols is 1. The van der Waals surface area contributed by atoms with E-state index in [2.05, 4.69) is 0 Å². The quantitative estimate of drug-likeness (QED) is 0.829. The lowest BCUT2D eigenvalue weighted by Crippen LogP contribution is -1.94. The molecule has 0 bridgehead atoms. The van der Waals surface area contributed by atoms with Crippen molar-refractivity contribution in [3.8, 4) is 5.75 Å². The van der Waals surface area contributed by atoms with Gasteiger partial charge in [-0.15, -0.1) is 0 Å². The van der Waals surface area contributed by atoms with Crippen molar-refractivity contribution in [2.45, 2.75) is 20.3 Å². The lowest BCUT2D eigenvalue weighted by molar-refractivity contribution is 0.465. The van der Waals surface area contributed by atoms with Gasteiger partial charge in [0.1, 0.15) is 5.75 Å². The predicted octanol–water partition coefficient (Wildman–Crippen LogP) is 4.91. The van der Waals surface area contributed by atoms with Crippen molar-refractivity contribution >= 4 is 23.2 Å². The van der Waals surface area contributed by atoms with E-state index in [1.165, 1.54) is 0 Å². The van der Waals surface area contributed by atoms with Crippen LogP contribution in [0.2, 0.25) is 10.0 Å². The summed E-state index contributed by atoms with van der Waals surface area (Å²) in [6, 6.07) is 9.34. The molecule has 2 rings (SSSR count). The highest BCUT2D eigenvalue weighted by molar-refractivity contribution is 6.36. The van der Waals surface area contributed by atoms with Gasteiger partial charge in [0.05, 0.1) is 0 Å². The van der Waals surface area contributed by atoms with Crippen LogP contribution in [0.15, 0.2) is 30.3 Å². The van der Waals surface area contributed by atoms with Gasteiger partial charge in [0.25, 0.3) is 0 Å². The molecule has 18 heavy (non-hydrogen) atoms. The van der Waals surface area contributed by atoms with E-state index in [9.17, 15) is 5.11 Å². The van der Waals surface area contributed by atoms with Gasteiger partial charge in [0.15, 0.2) is 0 Å². The summed E-state index contributed by atoms with van der Waals surface area (Å²) in [5.41, 5.74) is 3.68. The van der Waals surface area contributed by atoms with Gasteiger partial charge in [-0.05, 0) is 42.7 Å². The first-order valence-electron chi connectivity index (χ1n) is 5.71. The highest BCUT2D eigenvalue weighted by Gasteiger charge is 2.11. The fraction of sp³-hybridized carbons (Fsp3) is 0.200. The topological polar surface area (TPSA) is 20.2 Å². The van der Waals surface area contributed by atoms with Crippen molar-refractivity contribution in [3.05, 3.63) is 62.6 Å². The molecule has 1 nitrogen and oxygen atoms in total. The van der Waals surface area contributed by atoms with Crippen LogP contribution in [0.5, 0.6) is 5.75 Å². The van der Waals surface area contributed by atoms with Crippen LogP contribution in [-0.2, 0) is 6.42 Å². The van der Waals surface area contributed by atoms with Gasteiger partial charge in [-0.25, -0.2) is 0 Å². The molecule has 0 fully saturated rings. The van der Waals surface area contributed by atoms with Gasteiger partial charge in [0.2, 0.25) is 0 Å². The Morgan fingerprint density at radius 2 is 1.67 bits per heavy atom. The van der Waals surface area contributed by atoms with Crippen molar-refractivity contribution in [2.24, 2.45) is 0 Å². The number of phenolic OH excluding ortho intramolecular Hbond substituents is 1. The van der Waals surface area contributed by atoms with Crippen molar-refractivity contribution in [3.63, 3.8) is 0 Å². The zero-order valence-electron chi connectivity index (χ0n) is 10.3. The Kier molecular flexibility index (Phi) is 3.84. The fourth-order valence-corrected chi connectivity index (χ4v) is 2.61. The minimum absolute atomic E-state index is 0.316. The molecule has 0 aliphatic heterocycles. The highest BCUT2D eigenvalue weighted by atomic mass is 35.5. The smallest absolute Gasteiger partial charge is 0.122 e. The van der Waals surface area contributed by atoms with Crippen LogP contribution in [0.1, 0.15) is 22.3 Å². The molecule has 94 valence electrons. The first-order valence-corrected chi connectivity index (χ1v) is 6.46. The van der Waals surface area contributed by atoms with E-state index in [0.29, 0.717) is 22.2 Å². The molecule has 0 amide bonds. The summed E-state index contributed by atoms with van der Waals surface area (Å²) in [7, 11) is 0. The van der Waals surface area contributed by atoms with E-state index in [-0.39, 0.29) is 0 Å². The molecule has 0 spiro atoms. The molecular formula is C15H14Cl2O. The third-order valence-electron chi connectivity index (χ3n) is 2.95. The minimum atomic E-state index is 0.316. The fourth-order valence-electron chi connectivity index (χ4n) is 2.07. The number of hydrogen-bond donors (Lipinski definition) is 1. The van der Waals surface area contributed by atoms with E-state index in [0.717, 1.165) is 22.3 Å². The average Bonchev–Trinajstić information content (AvgIpc) is 2.30. The first kappa shape index (κ1) is 13.3. The summed E-state index contributed by atoms with van der Waals surface area (Å²) < 4.78 is 0. The monoisotopic (exact) mass is 280 g/mol. The Balaban J connectivity index is 2.46. The molecule has 2 aromatic rings. The van der Waals surface area contributed by atoms with Crippen LogP contribution in [0.4, 0.5) is 0 Å². The zero-order chi connectivity index (χ0) is 13.3. The molecular weight excluding hydrogens is 267 g/mol. The standard InChI is InChI=1S/C15H14Cl2O/c1-9-6-10(2)15(18)11(7-9)8-12-13(16)4-3-5-14(12)17/h3-7,18H,8H2,1-2H3. The van der Waals surface area contributed by atoms with Crippen molar-refractivity contribution in [1.29, 1.82) is 0 Å². The minimum Gasteiger partial charge on any atom is -0.507 e. The average molecular weight is 281 g/mol. The van der Waals surface area contributed by atoms with Crippen LogP contribution in [-0.4, -0.2) is 5.11 Å². The third kappa shape index (κ3) is 2.63. The second-order valence-electron chi connectivity index (χ2n) is 4.47. The lowest BCUT2D eigenvalue weighted by Gasteiger charge is -2.11. The van der Waals surface area contributed by atoms with Crippen LogP contribution in [0, 0.1) is 13.8 Å². The predicted molar refractivity (Wildman–Crippen MR) is 76.8 cm³/mol. The Morgan fingerprint density at radius 1 is 1.06 bits per heavy atom. The molecule has 0 atom stereocenters. The molecule has 1 N–H and O–H groups in total. The number of hydrogen-bond acceptors (Lipinski definition) is 1. The maximum absolute atomic E-state index is 10.1. The maximum atomic E-state index is 10.1. The summed E-state index contributed by atoms with van der Waals surface area (Å²) in [6.45, 7) is 3.89. The van der Waals surface area contributed by atoms with Crippen LogP contribution in [0.3, 0.4) is 0 Å². The van der Waals surface area contributed by atoms with E-state index < -0.39 is 0 Å². The van der Waals surface area contributed by atoms with E-state index >= 15 is 0 Å². The van der Waals surface area contributed by atoms with Crippen molar-refractivity contribution in [2.75, 3.05) is 0 Å². The summed E-state index contributed by atoms with van der Waals surface area (Å²) in [5, 5.41) is 11.3.